The fourth-order valence-corrected chi connectivity index (χ4v) is 3.18. The van der Waals surface area contributed by atoms with Gasteiger partial charge in [0.2, 0.25) is 0 Å². The molecule has 3 rings (SSSR count). The fraction of sp³-hybridized carbons (Fsp3) is 0.562. The van der Waals surface area contributed by atoms with E-state index in [-0.39, 0.29) is 5.41 Å². The molecule has 3 nitrogen and oxygen atoms in total. The highest BCUT2D eigenvalue weighted by atomic mass is 15.1. The molecule has 1 fully saturated rings. The van der Waals surface area contributed by atoms with E-state index in [0.29, 0.717) is 6.04 Å². The minimum atomic E-state index is 0.0658. The van der Waals surface area contributed by atoms with E-state index in [0.717, 1.165) is 11.2 Å². The van der Waals surface area contributed by atoms with E-state index >= 15 is 0 Å². The van der Waals surface area contributed by atoms with Crippen LogP contribution in [0.25, 0.3) is 11.0 Å². The number of fused-ring (bicyclic) bond motifs is 1. The van der Waals surface area contributed by atoms with Crippen molar-refractivity contribution in [2.24, 2.45) is 0 Å². The first-order chi connectivity index (χ1) is 8.97. The Kier molecular flexibility index (Phi) is 2.80. The van der Waals surface area contributed by atoms with Crippen LogP contribution in [0.1, 0.15) is 58.3 Å². The summed E-state index contributed by atoms with van der Waals surface area (Å²) in [5.74, 6) is 1.19. The summed E-state index contributed by atoms with van der Waals surface area (Å²) < 4.78 is 2.47. The smallest absolute Gasteiger partial charge is 0.115 e. The first kappa shape index (κ1) is 12.5. The Balaban J connectivity index is 2.25. The lowest BCUT2D eigenvalue weighted by Crippen LogP contribution is -2.21. The molecule has 1 aliphatic rings. The average Bonchev–Trinajstić information content (AvgIpc) is 2.91. The average molecular weight is 257 g/mol. The number of benzene rings is 1. The quantitative estimate of drug-likeness (QED) is 0.784. The van der Waals surface area contributed by atoms with Crippen molar-refractivity contribution in [2.75, 3.05) is 5.73 Å². The molecule has 0 radical (unpaired) electrons. The molecule has 0 spiro atoms. The van der Waals surface area contributed by atoms with Crippen molar-refractivity contribution in [3.63, 3.8) is 0 Å². The monoisotopic (exact) mass is 257 g/mol. The van der Waals surface area contributed by atoms with Crippen molar-refractivity contribution in [1.82, 2.24) is 9.55 Å². The van der Waals surface area contributed by atoms with Crippen molar-refractivity contribution in [3.8, 4) is 0 Å². The number of imidazole rings is 1. The zero-order valence-electron chi connectivity index (χ0n) is 12.1. The summed E-state index contributed by atoms with van der Waals surface area (Å²) >= 11 is 0. The van der Waals surface area contributed by atoms with Crippen LogP contribution in [-0.2, 0) is 5.41 Å². The van der Waals surface area contributed by atoms with Gasteiger partial charge < -0.3 is 10.3 Å². The van der Waals surface area contributed by atoms with Crippen LogP contribution < -0.4 is 5.73 Å². The summed E-state index contributed by atoms with van der Waals surface area (Å²) in [6.45, 7) is 6.72. The molecule has 0 saturated heterocycles. The van der Waals surface area contributed by atoms with Gasteiger partial charge in [0.1, 0.15) is 5.82 Å². The highest BCUT2D eigenvalue weighted by Crippen LogP contribution is 2.37. The lowest BCUT2D eigenvalue weighted by molar-refractivity contribution is 0.446. The molecule has 1 heterocycles. The first-order valence-corrected chi connectivity index (χ1v) is 7.25. The minimum absolute atomic E-state index is 0.0658. The summed E-state index contributed by atoms with van der Waals surface area (Å²) in [6.07, 6.45) is 5.23. The second kappa shape index (κ2) is 4.26. The molecule has 19 heavy (non-hydrogen) atoms. The Labute approximate surface area is 114 Å². The molecule has 0 aliphatic heterocycles. The fourth-order valence-electron chi connectivity index (χ4n) is 3.18. The summed E-state index contributed by atoms with van der Waals surface area (Å²) in [6, 6.07) is 6.73. The van der Waals surface area contributed by atoms with Crippen LogP contribution in [0, 0.1) is 0 Å². The molecule has 1 saturated carbocycles. The summed E-state index contributed by atoms with van der Waals surface area (Å²) in [4.78, 5) is 4.87. The van der Waals surface area contributed by atoms with Gasteiger partial charge in [0, 0.05) is 17.1 Å². The lowest BCUT2D eigenvalue weighted by atomic mass is 9.95. The van der Waals surface area contributed by atoms with Gasteiger partial charge in [0.15, 0.2) is 0 Å². The molecule has 0 unspecified atom stereocenters. The number of hydrogen-bond donors (Lipinski definition) is 1. The Morgan fingerprint density at radius 2 is 1.89 bits per heavy atom. The topological polar surface area (TPSA) is 43.8 Å². The zero-order valence-corrected chi connectivity index (χ0v) is 12.1. The summed E-state index contributed by atoms with van der Waals surface area (Å²) in [5, 5.41) is 0. The van der Waals surface area contributed by atoms with Gasteiger partial charge in [-0.15, -0.1) is 0 Å². The number of nitrogens with zero attached hydrogens (tertiary/aromatic N) is 2. The number of aromatic nitrogens is 2. The second-order valence-electron chi connectivity index (χ2n) is 6.74. The Bertz CT molecular complexity index is 598. The highest BCUT2D eigenvalue weighted by molar-refractivity contribution is 5.80. The molecule has 0 atom stereocenters. The number of nitrogens with two attached hydrogens (primary N) is 1. The number of nitrogen functional groups attached to an aromatic ring is 1. The van der Waals surface area contributed by atoms with Crippen LogP contribution in [0.3, 0.4) is 0 Å². The Morgan fingerprint density at radius 1 is 1.21 bits per heavy atom. The van der Waals surface area contributed by atoms with Crippen molar-refractivity contribution >= 4 is 16.7 Å². The third-order valence-electron chi connectivity index (χ3n) is 4.07. The van der Waals surface area contributed by atoms with Gasteiger partial charge in [0.25, 0.3) is 0 Å². The van der Waals surface area contributed by atoms with Crippen LogP contribution in [0.4, 0.5) is 5.69 Å². The van der Waals surface area contributed by atoms with Crippen LogP contribution in [-0.4, -0.2) is 9.55 Å². The van der Waals surface area contributed by atoms with Crippen LogP contribution >= 0.6 is 0 Å². The van der Waals surface area contributed by atoms with E-state index in [4.69, 9.17) is 10.7 Å². The molecule has 2 aromatic rings. The third-order valence-corrected chi connectivity index (χ3v) is 4.07. The van der Waals surface area contributed by atoms with Crippen molar-refractivity contribution < 1.29 is 0 Å². The zero-order chi connectivity index (χ0) is 13.6. The molecule has 0 bridgehead atoms. The van der Waals surface area contributed by atoms with Crippen molar-refractivity contribution in [1.29, 1.82) is 0 Å². The highest BCUT2D eigenvalue weighted by Gasteiger charge is 2.28. The molecule has 1 aliphatic carbocycles. The predicted molar refractivity (Wildman–Crippen MR) is 80.4 cm³/mol. The van der Waals surface area contributed by atoms with Gasteiger partial charge >= 0.3 is 0 Å². The van der Waals surface area contributed by atoms with E-state index in [2.05, 4.69) is 31.4 Å². The normalized spacial score (nSPS) is 17.4. The molecular weight excluding hydrogens is 234 g/mol. The summed E-state index contributed by atoms with van der Waals surface area (Å²) in [5.41, 5.74) is 9.04. The van der Waals surface area contributed by atoms with E-state index in [1.54, 1.807) is 0 Å². The molecule has 3 heteroatoms. The number of hydrogen-bond acceptors (Lipinski definition) is 2. The Morgan fingerprint density at radius 3 is 2.53 bits per heavy atom. The molecule has 2 N–H and O–H groups in total. The predicted octanol–water partition coefficient (Wildman–Crippen LogP) is 4.03. The van der Waals surface area contributed by atoms with Crippen LogP contribution in [0.15, 0.2) is 18.2 Å². The molecule has 1 aromatic carbocycles. The maximum absolute atomic E-state index is 5.90. The van der Waals surface area contributed by atoms with Gasteiger partial charge in [-0.25, -0.2) is 4.98 Å². The van der Waals surface area contributed by atoms with Gasteiger partial charge in [-0.1, -0.05) is 33.6 Å². The number of anilines is 1. The number of rotatable bonds is 1. The van der Waals surface area contributed by atoms with E-state index in [1.165, 1.54) is 37.0 Å². The SMILES string of the molecule is CC(C)(C)c1nc2cc(N)ccc2n1C1CCCC1. The molecular formula is C16H23N3. The van der Waals surface area contributed by atoms with Gasteiger partial charge in [0.05, 0.1) is 11.0 Å². The molecule has 1 aromatic heterocycles. The van der Waals surface area contributed by atoms with Crippen molar-refractivity contribution in [3.05, 3.63) is 24.0 Å². The van der Waals surface area contributed by atoms with Crippen molar-refractivity contribution in [2.45, 2.75) is 57.9 Å². The largest absolute Gasteiger partial charge is 0.399 e. The second-order valence-corrected chi connectivity index (χ2v) is 6.74. The Hall–Kier alpha value is -1.51. The maximum atomic E-state index is 5.90. The molecule has 102 valence electrons. The standard InChI is InChI=1S/C16H23N3/c1-16(2,3)15-18-13-10-11(17)8-9-14(13)19(15)12-6-4-5-7-12/h8-10,12H,4-7,17H2,1-3H3. The van der Waals surface area contributed by atoms with Crippen LogP contribution in [0.2, 0.25) is 0 Å². The summed E-state index contributed by atoms with van der Waals surface area (Å²) in [7, 11) is 0. The van der Waals surface area contributed by atoms with Gasteiger partial charge in [-0.05, 0) is 31.0 Å². The van der Waals surface area contributed by atoms with E-state index in [1.807, 2.05) is 12.1 Å². The van der Waals surface area contributed by atoms with E-state index < -0.39 is 0 Å². The van der Waals surface area contributed by atoms with E-state index in [9.17, 15) is 0 Å². The lowest BCUT2D eigenvalue weighted by Gasteiger charge is -2.24. The third kappa shape index (κ3) is 2.11. The first-order valence-electron chi connectivity index (χ1n) is 7.25. The van der Waals surface area contributed by atoms with Crippen LogP contribution in [0.5, 0.6) is 0 Å². The van der Waals surface area contributed by atoms with Gasteiger partial charge in [-0.2, -0.15) is 0 Å². The maximum Gasteiger partial charge on any atom is 0.115 e. The molecule has 0 amide bonds. The minimum Gasteiger partial charge on any atom is -0.399 e. The van der Waals surface area contributed by atoms with Gasteiger partial charge in [-0.3, -0.25) is 0 Å².